The van der Waals surface area contributed by atoms with Gasteiger partial charge in [-0.2, -0.15) is 0 Å². The van der Waals surface area contributed by atoms with Crippen LogP contribution < -0.4 is 0 Å². The molecule has 0 aliphatic heterocycles. The molecule has 0 aliphatic rings. The van der Waals surface area contributed by atoms with Crippen molar-refractivity contribution in [2.24, 2.45) is 0 Å². The van der Waals surface area contributed by atoms with E-state index < -0.39 is 5.97 Å². The maximum Gasteiger partial charge on any atom is 0.342 e. The van der Waals surface area contributed by atoms with Crippen molar-refractivity contribution in [1.82, 2.24) is 14.8 Å². The van der Waals surface area contributed by atoms with Gasteiger partial charge in [-0.3, -0.25) is 0 Å². The van der Waals surface area contributed by atoms with Crippen LogP contribution in [0.15, 0.2) is 69.3 Å². The Morgan fingerprint density at radius 2 is 1.97 bits per heavy atom. The summed E-state index contributed by atoms with van der Waals surface area (Å²) in [6.45, 7) is 2.83. The number of carboxylic acids is 1. The third-order valence-electron chi connectivity index (χ3n) is 4.35. The summed E-state index contributed by atoms with van der Waals surface area (Å²) >= 11 is 6.82. The summed E-state index contributed by atoms with van der Waals surface area (Å²) in [7, 11) is 0. The van der Waals surface area contributed by atoms with Gasteiger partial charge in [0.2, 0.25) is 5.89 Å². The molecule has 0 saturated carbocycles. The van der Waals surface area contributed by atoms with Crippen molar-refractivity contribution < 1.29 is 14.3 Å². The summed E-state index contributed by atoms with van der Waals surface area (Å²) in [6.07, 6.45) is 3.58. The minimum absolute atomic E-state index is 0.0929. The Morgan fingerprint density at radius 1 is 1.21 bits per heavy atom. The Balaban J connectivity index is 1.66. The van der Waals surface area contributed by atoms with Gasteiger partial charge in [0.15, 0.2) is 0 Å². The zero-order valence-electron chi connectivity index (χ0n) is 15.4. The third-order valence-corrected chi connectivity index (χ3v) is 5.46. The van der Waals surface area contributed by atoms with Gasteiger partial charge < -0.3 is 14.1 Å². The number of rotatable bonds is 6. The van der Waals surface area contributed by atoms with Gasteiger partial charge in [0, 0.05) is 39.8 Å². The molecule has 1 N–H and O–H groups in total. The van der Waals surface area contributed by atoms with Crippen LogP contribution in [0.25, 0.3) is 28.4 Å². The van der Waals surface area contributed by atoms with E-state index in [0.29, 0.717) is 16.5 Å². The number of fused-ring (bicyclic) bond motifs is 1. The Labute approximate surface area is 175 Å². The fraction of sp³-hybridized carbons (Fsp3) is 0.0952. The molecule has 0 spiro atoms. The molecule has 0 radical (unpaired) electrons. The SMILES string of the molecule is CCn1cc(/C=C(\Sc2nnc(-c3ccc(Cl)cc3)o2)C(=O)O)c2ccccc21. The number of nitrogens with zero attached hydrogens (tertiary/aromatic N) is 3. The summed E-state index contributed by atoms with van der Waals surface area (Å²) in [4.78, 5) is 11.9. The number of aryl methyl sites for hydroxylation is 1. The fourth-order valence-corrected chi connectivity index (χ4v) is 3.77. The zero-order chi connectivity index (χ0) is 20.4. The van der Waals surface area contributed by atoms with E-state index in [2.05, 4.69) is 14.8 Å². The van der Waals surface area contributed by atoms with E-state index in [0.717, 1.165) is 34.8 Å². The standard InChI is InChI=1S/C21H16ClN3O3S/c1-2-25-12-14(16-5-3-4-6-17(16)25)11-18(20(26)27)29-21-24-23-19(28-21)13-7-9-15(22)10-8-13/h3-12H,2H2,1H3,(H,26,27)/b18-11-. The topological polar surface area (TPSA) is 81.2 Å². The first-order valence-electron chi connectivity index (χ1n) is 8.85. The van der Waals surface area contributed by atoms with Gasteiger partial charge in [0.25, 0.3) is 5.22 Å². The highest BCUT2D eigenvalue weighted by atomic mass is 35.5. The van der Waals surface area contributed by atoms with E-state index in [-0.39, 0.29) is 10.1 Å². The van der Waals surface area contributed by atoms with Gasteiger partial charge in [-0.15, -0.1) is 10.2 Å². The monoisotopic (exact) mass is 425 g/mol. The number of thioether (sulfide) groups is 1. The van der Waals surface area contributed by atoms with E-state index in [1.54, 1.807) is 30.3 Å². The van der Waals surface area contributed by atoms with Crippen LogP contribution >= 0.6 is 23.4 Å². The number of hydrogen-bond donors (Lipinski definition) is 1. The number of para-hydroxylation sites is 1. The summed E-state index contributed by atoms with van der Waals surface area (Å²) in [5.74, 6) is -0.758. The molecule has 0 aliphatic carbocycles. The van der Waals surface area contributed by atoms with Crippen molar-refractivity contribution in [3.63, 3.8) is 0 Å². The lowest BCUT2D eigenvalue weighted by Crippen LogP contribution is -1.96. The highest BCUT2D eigenvalue weighted by molar-refractivity contribution is 8.03. The molecular weight excluding hydrogens is 410 g/mol. The molecule has 146 valence electrons. The minimum Gasteiger partial charge on any atom is -0.477 e. The van der Waals surface area contributed by atoms with Gasteiger partial charge >= 0.3 is 5.97 Å². The molecule has 0 saturated heterocycles. The first-order chi connectivity index (χ1) is 14.0. The molecule has 0 atom stereocenters. The predicted molar refractivity (Wildman–Crippen MR) is 114 cm³/mol. The molecule has 0 unspecified atom stereocenters. The number of hydrogen-bond acceptors (Lipinski definition) is 5. The molecule has 0 fully saturated rings. The first kappa shape index (κ1) is 19.3. The molecule has 0 bridgehead atoms. The summed E-state index contributed by atoms with van der Waals surface area (Å²) < 4.78 is 7.71. The average molecular weight is 426 g/mol. The van der Waals surface area contributed by atoms with Crippen molar-refractivity contribution in [2.45, 2.75) is 18.7 Å². The molecule has 8 heteroatoms. The van der Waals surface area contributed by atoms with E-state index in [1.807, 2.05) is 37.4 Å². The van der Waals surface area contributed by atoms with E-state index in [9.17, 15) is 9.90 Å². The molecule has 2 aromatic carbocycles. The Kier molecular flexibility index (Phi) is 5.42. The Hall–Kier alpha value is -3.03. The van der Waals surface area contributed by atoms with Crippen molar-refractivity contribution >= 4 is 46.3 Å². The van der Waals surface area contributed by atoms with Crippen LogP contribution in [0.5, 0.6) is 0 Å². The van der Waals surface area contributed by atoms with Crippen LogP contribution in [0.2, 0.25) is 5.02 Å². The van der Waals surface area contributed by atoms with Gasteiger partial charge in [-0.05, 0) is 55.1 Å². The second-order valence-electron chi connectivity index (χ2n) is 6.18. The van der Waals surface area contributed by atoms with Crippen molar-refractivity contribution in [2.75, 3.05) is 0 Å². The van der Waals surface area contributed by atoms with Crippen LogP contribution in [0.3, 0.4) is 0 Å². The van der Waals surface area contributed by atoms with Crippen molar-refractivity contribution in [3.05, 3.63) is 70.2 Å². The lowest BCUT2D eigenvalue weighted by atomic mass is 10.1. The summed E-state index contributed by atoms with van der Waals surface area (Å²) in [5.41, 5.74) is 2.59. The van der Waals surface area contributed by atoms with E-state index >= 15 is 0 Å². The zero-order valence-corrected chi connectivity index (χ0v) is 16.9. The maximum absolute atomic E-state index is 11.8. The largest absolute Gasteiger partial charge is 0.477 e. The first-order valence-corrected chi connectivity index (χ1v) is 10.0. The van der Waals surface area contributed by atoms with Crippen LogP contribution in [0.4, 0.5) is 0 Å². The average Bonchev–Trinajstić information content (AvgIpc) is 3.33. The lowest BCUT2D eigenvalue weighted by molar-refractivity contribution is -0.131. The molecule has 4 aromatic rings. The lowest BCUT2D eigenvalue weighted by Gasteiger charge is -1.98. The highest BCUT2D eigenvalue weighted by Gasteiger charge is 2.17. The Bertz CT molecular complexity index is 1210. The van der Waals surface area contributed by atoms with Gasteiger partial charge in [-0.1, -0.05) is 29.8 Å². The quantitative estimate of drug-likeness (QED) is 0.320. The van der Waals surface area contributed by atoms with Crippen LogP contribution in [0.1, 0.15) is 12.5 Å². The molecule has 2 aromatic heterocycles. The molecule has 2 heterocycles. The van der Waals surface area contributed by atoms with Crippen molar-refractivity contribution in [3.8, 4) is 11.5 Å². The summed E-state index contributed by atoms with van der Waals surface area (Å²) in [6, 6.07) is 14.9. The number of aliphatic carboxylic acids is 1. The number of carbonyl (C=O) groups is 1. The highest BCUT2D eigenvalue weighted by Crippen LogP contribution is 2.32. The number of aromatic nitrogens is 3. The fourth-order valence-electron chi connectivity index (χ4n) is 2.98. The molecule has 4 rings (SSSR count). The van der Waals surface area contributed by atoms with Gasteiger partial charge in [-0.25, -0.2) is 4.79 Å². The van der Waals surface area contributed by atoms with Crippen LogP contribution in [-0.4, -0.2) is 25.8 Å². The van der Waals surface area contributed by atoms with Crippen molar-refractivity contribution in [1.29, 1.82) is 0 Å². The minimum atomic E-state index is -1.06. The van der Waals surface area contributed by atoms with Gasteiger partial charge in [0.05, 0.1) is 0 Å². The molecule has 0 amide bonds. The third kappa shape index (κ3) is 4.06. The maximum atomic E-state index is 11.8. The van der Waals surface area contributed by atoms with Crippen LogP contribution in [0, 0.1) is 0 Å². The molecular formula is C21H16ClN3O3S. The predicted octanol–water partition coefficient (Wildman–Crippen LogP) is 5.58. The van der Waals surface area contributed by atoms with Gasteiger partial charge in [0.1, 0.15) is 4.91 Å². The Morgan fingerprint density at radius 3 is 2.69 bits per heavy atom. The smallest absolute Gasteiger partial charge is 0.342 e. The number of halogens is 1. The number of benzene rings is 2. The van der Waals surface area contributed by atoms with E-state index in [1.165, 1.54) is 0 Å². The normalized spacial score (nSPS) is 11.9. The second kappa shape index (κ2) is 8.14. The molecule has 6 nitrogen and oxygen atoms in total. The van der Waals surface area contributed by atoms with Crippen LogP contribution in [-0.2, 0) is 11.3 Å². The second-order valence-corrected chi connectivity index (χ2v) is 7.61. The number of carboxylic acid groups (broad SMARTS) is 1. The molecule has 29 heavy (non-hydrogen) atoms. The van der Waals surface area contributed by atoms with E-state index in [4.69, 9.17) is 16.0 Å². The summed E-state index contributed by atoms with van der Waals surface area (Å²) in [5, 5.41) is 19.4.